The minimum atomic E-state index is -0.576. The third-order valence-corrected chi connectivity index (χ3v) is 3.89. The zero-order chi connectivity index (χ0) is 14.4. The van der Waals surface area contributed by atoms with Crippen molar-refractivity contribution >= 4 is 0 Å². The summed E-state index contributed by atoms with van der Waals surface area (Å²) in [6, 6.07) is 2.83. The van der Waals surface area contributed by atoms with Crippen LogP contribution in [0.3, 0.4) is 0 Å². The van der Waals surface area contributed by atoms with Crippen molar-refractivity contribution in [1.82, 2.24) is 0 Å². The second-order valence-electron chi connectivity index (χ2n) is 6.47. The molecule has 2 rings (SSSR count). The first-order valence-electron chi connectivity index (χ1n) is 6.53. The van der Waals surface area contributed by atoms with E-state index in [1.165, 1.54) is 6.07 Å². The Labute approximate surface area is 112 Å². The van der Waals surface area contributed by atoms with Gasteiger partial charge < -0.3 is 10.5 Å². The maximum Gasteiger partial charge on any atom is 0.128 e. The fraction of sp³-hybridized carbons (Fsp3) is 0.600. The summed E-state index contributed by atoms with van der Waals surface area (Å²) in [5.74, 6) is -0.990. The molecule has 0 spiro atoms. The molecule has 1 saturated heterocycles. The summed E-state index contributed by atoms with van der Waals surface area (Å²) in [4.78, 5) is 0. The second kappa shape index (κ2) is 4.53. The summed E-state index contributed by atoms with van der Waals surface area (Å²) >= 11 is 0. The highest BCUT2D eigenvalue weighted by molar-refractivity contribution is 5.24. The van der Waals surface area contributed by atoms with Crippen LogP contribution in [0.4, 0.5) is 8.78 Å². The van der Waals surface area contributed by atoms with Crippen LogP contribution in [0.1, 0.15) is 45.7 Å². The Bertz CT molecular complexity index is 485. The molecule has 0 aromatic heterocycles. The summed E-state index contributed by atoms with van der Waals surface area (Å²) in [6.45, 7) is 7.87. The molecule has 1 aromatic carbocycles. The van der Waals surface area contributed by atoms with E-state index >= 15 is 0 Å². The van der Waals surface area contributed by atoms with Crippen LogP contribution >= 0.6 is 0 Å². The predicted molar refractivity (Wildman–Crippen MR) is 70.6 cm³/mol. The number of ether oxygens (including phenoxy) is 1. The van der Waals surface area contributed by atoms with Crippen LogP contribution in [-0.4, -0.2) is 11.2 Å². The van der Waals surface area contributed by atoms with Gasteiger partial charge in [0.2, 0.25) is 0 Å². The van der Waals surface area contributed by atoms with E-state index in [0.29, 0.717) is 0 Å². The summed E-state index contributed by atoms with van der Waals surface area (Å²) in [5, 5.41) is 0. The molecule has 2 unspecified atom stereocenters. The first-order valence-corrected chi connectivity index (χ1v) is 6.53. The molecule has 0 bridgehead atoms. The van der Waals surface area contributed by atoms with Crippen molar-refractivity contribution in [2.75, 3.05) is 0 Å². The molecule has 0 aliphatic carbocycles. The summed E-state index contributed by atoms with van der Waals surface area (Å²) in [6.07, 6.45) is 0.719. The van der Waals surface area contributed by atoms with Gasteiger partial charge in [-0.2, -0.15) is 0 Å². The summed E-state index contributed by atoms with van der Waals surface area (Å²) < 4.78 is 33.1. The van der Waals surface area contributed by atoms with Gasteiger partial charge in [0.05, 0.1) is 11.2 Å². The van der Waals surface area contributed by atoms with Gasteiger partial charge in [-0.3, -0.25) is 0 Å². The minimum Gasteiger partial charge on any atom is -0.369 e. The van der Waals surface area contributed by atoms with Gasteiger partial charge in [0.25, 0.3) is 0 Å². The van der Waals surface area contributed by atoms with E-state index in [4.69, 9.17) is 10.5 Å². The van der Waals surface area contributed by atoms with Gasteiger partial charge in [0.1, 0.15) is 11.6 Å². The third kappa shape index (κ3) is 2.79. The molecular weight excluding hydrogens is 248 g/mol. The Morgan fingerprint density at radius 1 is 1.26 bits per heavy atom. The molecule has 1 aromatic rings. The molecule has 1 heterocycles. The molecule has 2 N–H and O–H groups in total. The summed E-state index contributed by atoms with van der Waals surface area (Å²) in [7, 11) is 0. The number of nitrogens with two attached hydrogens (primary N) is 1. The van der Waals surface area contributed by atoms with E-state index in [9.17, 15) is 8.78 Å². The van der Waals surface area contributed by atoms with Gasteiger partial charge in [-0.05, 0) is 52.3 Å². The van der Waals surface area contributed by atoms with E-state index in [0.717, 1.165) is 18.6 Å². The van der Waals surface area contributed by atoms with Gasteiger partial charge >= 0.3 is 0 Å². The topological polar surface area (TPSA) is 35.2 Å². The Hall–Kier alpha value is -1.00. The molecule has 2 atom stereocenters. The number of hydrogen-bond acceptors (Lipinski definition) is 2. The Kier molecular flexibility index (Phi) is 3.43. The van der Waals surface area contributed by atoms with Crippen LogP contribution in [0.25, 0.3) is 0 Å². The summed E-state index contributed by atoms with van der Waals surface area (Å²) in [5.41, 5.74) is 5.65. The largest absolute Gasteiger partial charge is 0.369 e. The molecule has 2 nitrogen and oxygen atoms in total. The normalized spacial score (nSPS) is 26.4. The molecule has 1 fully saturated rings. The maximum absolute atomic E-state index is 13.8. The molecular formula is C15H21F2NO. The molecule has 0 amide bonds. The van der Waals surface area contributed by atoms with Crippen LogP contribution in [0.2, 0.25) is 0 Å². The van der Waals surface area contributed by atoms with Crippen LogP contribution < -0.4 is 5.73 Å². The molecule has 4 heteroatoms. The van der Waals surface area contributed by atoms with E-state index in [-0.39, 0.29) is 17.1 Å². The van der Waals surface area contributed by atoms with Crippen molar-refractivity contribution in [3.8, 4) is 0 Å². The molecule has 106 valence electrons. The van der Waals surface area contributed by atoms with Crippen molar-refractivity contribution < 1.29 is 13.5 Å². The number of halogens is 2. The highest BCUT2D eigenvalue weighted by atomic mass is 19.1. The molecule has 1 aliphatic heterocycles. The van der Waals surface area contributed by atoms with Crippen LogP contribution in [0.5, 0.6) is 0 Å². The Morgan fingerprint density at radius 2 is 1.89 bits per heavy atom. The van der Waals surface area contributed by atoms with E-state index in [1.807, 2.05) is 27.7 Å². The lowest BCUT2D eigenvalue weighted by atomic mass is 9.79. The number of rotatable bonds is 2. The zero-order valence-corrected chi connectivity index (χ0v) is 11.8. The lowest BCUT2D eigenvalue weighted by molar-refractivity contribution is -0.0768. The van der Waals surface area contributed by atoms with Gasteiger partial charge in [0.15, 0.2) is 0 Å². The van der Waals surface area contributed by atoms with Gasteiger partial charge in [-0.15, -0.1) is 0 Å². The number of benzene rings is 1. The highest BCUT2D eigenvalue weighted by Gasteiger charge is 2.48. The van der Waals surface area contributed by atoms with Crippen molar-refractivity contribution in [2.24, 2.45) is 11.7 Å². The van der Waals surface area contributed by atoms with Crippen LogP contribution in [0, 0.1) is 17.6 Å². The zero-order valence-electron chi connectivity index (χ0n) is 11.8. The lowest BCUT2D eigenvalue weighted by Gasteiger charge is -2.31. The second-order valence-corrected chi connectivity index (χ2v) is 6.47. The SMILES string of the molecule is CC1(C)CC(C(N)c2cc(F)ccc2F)C(C)(C)O1. The van der Waals surface area contributed by atoms with Gasteiger partial charge in [0, 0.05) is 17.5 Å². The van der Waals surface area contributed by atoms with Crippen LogP contribution in [-0.2, 0) is 4.74 Å². The van der Waals surface area contributed by atoms with Gasteiger partial charge in [-0.25, -0.2) is 8.78 Å². The first-order chi connectivity index (χ1) is 8.62. The standard InChI is InChI=1S/C15H21F2NO/c1-14(2)8-11(15(3,4)19-14)13(18)10-7-9(16)5-6-12(10)17/h5-7,11,13H,8,18H2,1-4H3. The maximum atomic E-state index is 13.8. The van der Waals surface area contributed by atoms with E-state index in [2.05, 4.69) is 0 Å². The van der Waals surface area contributed by atoms with Crippen molar-refractivity contribution in [1.29, 1.82) is 0 Å². The smallest absolute Gasteiger partial charge is 0.128 e. The Balaban J connectivity index is 2.34. The third-order valence-electron chi connectivity index (χ3n) is 3.89. The molecule has 0 radical (unpaired) electrons. The van der Waals surface area contributed by atoms with Crippen molar-refractivity contribution in [3.63, 3.8) is 0 Å². The fourth-order valence-electron chi connectivity index (χ4n) is 3.15. The quantitative estimate of drug-likeness (QED) is 0.891. The fourth-order valence-corrected chi connectivity index (χ4v) is 3.15. The first kappa shape index (κ1) is 14.4. The predicted octanol–water partition coefficient (Wildman–Crippen LogP) is 3.56. The average molecular weight is 269 g/mol. The van der Waals surface area contributed by atoms with Crippen molar-refractivity contribution in [3.05, 3.63) is 35.4 Å². The molecule has 1 aliphatic rings. The monoisotopic (exact) mass is 269 g/mol. The average Bonchev–Trinajstić information content (AvgIpc) is 2.49. The van der Waals surface area contributed by atoms with Crippen molar-refractivity contribution in [2.45, 2.75) is 51.4 Å². The minimum absolute atomic E-state index is 0.0567. The Morgan fingerprint density at radius 3 is 2.42 bits per heavy atom. The van der Waals surface area contributed by atoms with Gasteiger partial charge in [-0.1, -0.05) is 0 Å². The highest BCUT2D eigenvalue weighted by Crippen LogP contribution is 2.47. The van der Waals surface area contributed by atoms with Crippen LogP contribution in [0.15, 0.2) is 18.2 Å². The molecule has 0 saturated carbocycles. The van der Waals surface area contributed by atoms with E-state index in [1.54, 1.807) is 0 Å². The molecule has 19 heavy (non-hydrogen) atoms. The number of hydrogen-bond donors (Lipinski definition) is 1. The lowest BCUT2D eigenvalue weighted by Crippen LogP contribution is -2.36. The van der Waals surface area contributed by atoms with E-state index < -0.39 is 23.3 Å².